The van der Waals surface area contributed by atoms with Gasteiger partial charge in [0.05, 0.1) is 6.54 Å². The lowest BCUT2D eigenvalue weighted by Gasteiger charge is -2.26. The number of nitrogens with one attached hydrogen (secondary N) is 3. The fraction of sp³-hybridized carbons (Fsp3) is 0.333. The van der Waals surface area contributed by atoms with Gasteiger partial charge in [0.2, 0.25) is 0 Å². The quantitative estimate of drug-likeness (QED) is 0.216. The number of nitrogens with zero attached hydrogens (tertiary/aromatic N) is 1. The van der Waals surface area contributed by atoms with E-state index in [1.165, 1.54) is 0 Å². The van der Waals surface area contributed by atoms with E-state index in [4.69, 9.17) is 0 Å². The van der Waals surface area contributed by atoms with Gasteiger partial charge in [-0.1, -0.05) is 84.0 Å². The van der Waals surface area contributed by atoms with E-state index in [0.717, 1.165) is 22.5 Å². The maximum atomic E-state index is 13.0. The zero-order valence-electron chi connectivity index (χ0n) is 21.8. The Bertz CT molecular complexity index is 1060. The molecule has 0 aliphatic carbocycles. The van der Waals surface area contributed by atoms with Crippen LogP contribution in [0, 0.1) is 0 Å². The molecule has 0 atom stereocenters. The molecule has 0 unspecified atom stereocenters. The first-order valence-electron chi connectivity index (χ1n) is 12.2. The van der Waals surface area contributed by atoms with E-state index in [1.807, 2.05) is 72.8 Å². The monoisotopic (exact) mass is 470 g/mol. The normalized spacial score (nSPS) is 11.5. The van der Waals surface area contributed by atoms with Crippen LogP contribution in [-0.2, 0) is 10.8 Å². The van der Waals surface area contributed by atoms with Gasteiger partial charge in [-0.2, -0.15) is 0 Å². The Morgan fingerprint density at radius 2 is 1.17 bits per heavy atom. The van der Waals surface area contributed by atoms with Gasteiger partial charge in [-0.05, 0) is 58.4 Å². The van der Waals surface area contributed by atoms with E-state index >= 15 is 0 Å². The standard InChI is InChI=1S/C30H38N4O/c1-29(2,3)23-19-22(20-24(21-23)30(4,5)6)27(35)31-17-18-32-28(33-25-13-9-7-10-14-25)34-26-15-11-8-12-16-26/h7-16,19-21H,17-18H2,1-6H3,(H,31,35)(H2,32,33,34). The molecule has 1 amide bonds. The molecule has 5 nitrogen and oxygen atoms in total. The van der Waals surface area contributed by atoms with Gasteiger partial charge in [0.15, 0.2) is 5.96 Å². The Kier molecular flexibility index (Phi) is 8.34. The van der Waals surface area contributed by atoms with Crippen LogP contribution in [0.1, 0.15) is 63.0 Å². The Morgan fingerprint density at radius 1 is 0.714 bits per heavy atom. The molecule has 35 heavy (non-hydrogen) atoms. The third-order valence-electron chi connectivity index (χ3n) is 5.67. The number of anilines is 2. The van der Waals surface area contributed by atoms with Crippen molar-refractivity contribution in [2.24, 2.45) is 4.99 Å². The van der Waals surface area contributed by atoms with Crippen molar-refractivity contribution in [3.8, 4) is 0 Å². The minimum absolute atomic E-state index is 0.0400. The molecular formula is C30H38N4O. The number of guanidine groups is 1. The van der Waals surface area contributed by atoms with Crippen LogP contribution in [0.5, 0.6) is 0 Å². The van der Waals surface area contributed by atoms with Gasteiger partial charge in [0.25, 0.3) is 5.91 Å². The highest BCUT2D eigenvalue weighted by Crippen LogP contribution is 2.30. The third kappa shape index (κ3) is 7.99. The topological polar surface area (TPSA) is 65.5 Å². The Labute approximate surface area is 210 Å². The molecular weight excluding hydrogens is 432 g/mol. The molecule has 0 spiro atoms. The number of aliphatic imine (C=N–C) groups is 1. The predicted octanol–water partition coefficient (Wildman–Crippen LogP) is 6.59. The van der Waals surface area contributed by atoms with E-state index in [9.17, 15) is 4.79 Å². The van der Waals surface area contributed by atoms with Crippen LogP contribution in [0.4, 0.5) is 11.4 Å². The van der Waals surface area contributed by atoms with Crippen LogP contribution in [0.25, 0.3) is 0 Å². The SMILES string of the molecule is CC(C)(C)c1cc(C(=O)NCCN=C(Nc2ccccc2)Nc2ccccc2)cc(C(C)(C)C)c1. The minimum Gasteiger partial charge on any atom is -0.350 e. The number of benzene rings is 3. The molecule has 5 heteroatoms. The Balaban J connectivity index is 1.70. The first kappa shape index (κ1) is 26.0. The van der Waals surface area contributed by atoms with Crippen LogP contribution in [0.3, 0.4) is 0 Å². The second kappa shape index (κ2) is 11.2. The predicted molar refractivity (Wildman–Crippen MR) is 149 cm³/mol. The van der Waals surface area contributed by atoms with Crippen molar-refractivity contribution in [2.75, 3.05) is 23.7 Å². The zero-order chi connectivity index (χ0) is 25.5. The molecule has 0 bridgehead atoms. The maximum Gasteiger partial charge on any atom is 0.251 e. The van der Waals surface area contributed by atoms with Gasteiger partial charge in [-0.15, -0.1) is 0 Å². The number of para-hydroxylation sites is 2. The average Bonchev–Trinajstić information content (AvgIpc) is 2.81. The summed E-state index contributed by atoms with van der Waals surface area (Å²) in [6, 6.07) is 26.0. The van der Waals surface area contributed by atoms with Crippen molar-refractivity contribution in [2.45, 2.75) is 52.4 Å². The van der Waals surface area contributed by atoms with Gasteiger partial charge >= 0.3 is 0 Å². The van der Waals surface area contributed by atoms with Crippen LogP contribution < -0.4 is 16.0 Å². The highest BCUT2D eigenvalue weighted by atomic mass is 16.1. The molecule has 3 aromatic carbocycles. The maximum absolute atomic E-state index is 13.0. The first-order valence-corrected chi connectivity index (χ1v) is 12.2. The van der Waals surface area contributed by atoms with Gasteiger partial charge in [-0.3, -0.25) is 9.79 Å². The summed E-state index contributed by atoms with van der Waals surface area (Å²) in [6.07, 6.45) is 0. The lowest BCUT2D eigenvalue weighted by atomic mass is 9.79. The van der Waals surface area contributed by atoms with Gasteiger partial charge in [0, 0.05) is 23.5 Å². The number of hydrogen-bond donors (Lipinski definition) is 3. The number of hydrogen-bond acceptors (Lipinski definition) is 2. The molecule has 0 aliphatic rings. The molecule has 3 rings (SSSR count). The molecule has 0 heterocycles. The molecule has 0 radical (unpaired) electrons. The van der Waals surface area contributed by atoms with Crippen molar-refractivity contribution < 1.29 is 4.79 Å². The summed E-state index contributed by atoms with van der Waals surface area (Å²) in [5, 5.41) is 9.68. The van der Waals surface area contributed by atoms with E-state index < -0.39 is 0 Å². The molecule has 184 valence electrons. The van der Waals surface area contributed by atoms with Crippen LogP contribution in [0.15, 0.2) is 83.9 Å². The molecule has 3 aromatic rings. The lowest BCUT2D eigenvalue weighted by molar-refractivity contribution is 0.0954. The highest BCUT2D eigenvalue weighted by molar-refractivity contribution is 6.03. The lowest BCUT2D eigenvalue weighted by Crippen LogP contribution is -2.29. The summed E-state index contributed by atoms with van der Waals surface area (Å²) >= 11 is 0. The summed E-state index contributed by atoms with van der Waals surface area (Å²) < 4.78 is 0. The molecule has 0 saturated heterocycles. The van der Waals surface area contributed by atoms with Crippen molar-refractivity contribution in [3.05, 3.63) is 95.6 Å². The Morgan fingerprint density at radius 3 is 1.60 bits per heavy atom. The molecule has 0 fully saturated rings. The molecule has 3 N–H and O–H groups in total. The molecule has 0 aromatic heterocycles. The summed E-state index contributed by atoms with van der Waals surface area (Å²) in [6.45, 7) is 13.9. The van der Waals surface area contributed by atoms with Crippen LogP contribution in [-0.4, -0.2) is 25.0 Å². The summed E-state index contributed by atoms with van der Waals surface area (Å²) in [4.78, 5) is 17.7. The van der Waals surface area contributed by atoms with E-state index in [2.05, 4.69) is 68.6 Å². The molecule has 0 saturated carbocycles. The number of rotatable bonds is 6. The van der Waals surface area contributed by atoms with E-state index in [-0.39, 0.29) is 16.7 Å². The minimum atomic E-state index is -0.0783. The number of carbonyl (C=O) groups is 1. The van der Waals surface area contributed by atoms with Gasteiger partial charge < -0.3 is 16.0 Å². The van der Waals surface area contributed by atoms with E-state index in [0.29, 0.717) is 24.6 Å². The van der Waals surface area contributed by atoms with Crippen molar-refractivity contribution in [3.63, 3.8) is 0 Å². The van der Waals surface area contributed by atoms with Gasteiger partial charge in [-0.25, -0.2) is 0 Å². The number of amides is 1. The van der Waals surface area contributed by atoms with Crippen molar-refractivity contribution >= 4 is 23.2 Å². The second-order valence-corrected chi connectivity index (χ2v) is 10.8. The highest BCUT2D eigenvalue weighted by Gasteiger charge is 2.22. The van der Waals surface area contributed by atoms with Crippen molar-refractivity contribution in [1.29, 1.82) is 0 Å². The van der Waals surface area contributed by atoms with Crippen molar-refractivity contribution in [1.82, 2.24) is 5.32 Å². The first-order chi connectivity index (χ1) is 16.5. The smallest absolute Gasteiger partial charge is 0.251 e. The second-order valence-electron chi connectivity index (χ2n) is 10.8. The van der Waals surface area contributed by atoms with Crippen LogP contribution >= 0.6 is 0 Å². The third-order valence-corrected chi connectivity index (χ3v) is 5.67. The van der Waals surface area contributed by atoms with Gasteiger partial charge in [0.1, 0.15) is 0 Å². The fourth-order valence-corrected chi connectivity index (χ4v) is 3.49. The molecule has 0 aliphatic heterocycles. The largest absolute Gasteiger partial charge is 0.350 e. The van der Waals surface area contributed by atoms with Crippen LogP contribution in [0.2, 0.25) is 0 Å². The summed E-state index contributed by atoms with van der Waals surface area (Å²) in [5.74, 6) is 0.548. The fourth-order valence-electron chi connectivity index (χ4n) is 3.49. The number of carbonyl (C=O) groups excluding carboxylic acids is 1. The zero-order valence-corrected chi connectivity index (χ0v) is 21.8. The Hall–Kier alpha value is -3.60. The average molecular weight is 471 g/mol. The summed E-state index contributed by atoms with van der Waals surface area (Å²) in [5.41, 5.74) is 4.81. The van der Waals surface area contributed by atoms with E-state index in [1.54, 1.807) is 0 Å². The summed E-state index contributed by atoms with van der Waals surface area (Å²) in [7, 11) is 0.